The molecule has 37 heavy (non-hydrogen) atoms. The van der Waals surface area contributed by atoms with Crippen molar-refractivity contribution >= 4 is 34.2 Å². The van der Waals surface area contributed by atoms with E-state index in [2.05, 4.69) is 28.4 Å². The van der Waals surface area contributed by atoms with Crippen molar-refractivity contribution in [1.82, 2.24) is 19.9 Å². The summed E-state index contributed by atoms with van der Waals surface area (Å²) in [6.45, 7) is 4.89. The Kier molecular flexibility index (Phi) is 7.03. The number of carbonyl (C=O) groups is 1. The lowest BCUT2D eigenvalue weighted by atomic mass is 9.80. The Labute approximate surface area is 217 Å². The van der Waals surface area contributed by atoms with E-state index in [1.54, 1.807) is 12.3 Å². The molecule has 1 fully saturated rings. The first-order chi connectivity index (χ1) is 17.7. The van der Waals surface area contributed by atoms with E-state index in [0.29, 0.717) is 36.5 Å². The number of aromatic nitrogens is 2. The molecule has 2 atom stereocenters. The molecule has 196 valence electrons. The second kappa shape index (κ2) is 10.1. The Bertz CT molecular complexity index is 1340. The fraction of sp³-hybridized carbons (Fsp3) is 0.423. The number of fused-ring (bicyclic) bond motifs is 1. The van der Waals surface area contributed by atoms with E-state index in [-0.39, 0.29) is 10.5 Å². The number of amides is 1. The smallest absolute Gasteiger partial charge is 0.379 e. The maximum absolute atomic E-state index is 13.3. The highest BCUT2D eigenvalue weighted by atomic mass is 32.2. The predicted molar refractivity (Wildman–Crippen MR) is 139 cm³/mol. The molecular weight excluding hydrogens is 503 g/mol. The second-order valence-electron chi connectivity index (χ2n) is 9.30. The van der Waals surface area contributed by atoms with E-state index in [0.717, 1.165) is 42.7 Å². The summed E-state index contributed by atoms with van der Waals surface area (Å²) in [7, 11) is 1.81. The van der Waals surface area contributed by atoms with Crippen LogP contribution in [-0.2, 0) is 23.5 Å². The first-order valence-electron chi connectivity index (χ1n) is 12.2. The van der Waals surface area contributed by atoms with E-state index in [4.69, 9.17) is 9.72 Å². The average molecular weight is 532 g/mol. The molecule has 1 N–H and O–H groups in total. The molecule has 7 nitrogen and oxygen atoms in total. The van der Waals surface area contributed by atoms with E-state index < -0.39 is 17.3 Å². The van der Waals surface area contributed by atoms with Crippen molar-refractivity contribution < 1.29 is 22.7 Å². The van der Waals surface area contributed by atoms with Gasteiger partial charge < -0.3 is 9.30 Å². The molecule has 0 radical (unpaired) electrons. The zero-order chi connectivity index (χ0) is 26.2. The Balaban J connectivity index is 1.58. The summed E-state index contributed by atoms with van der Waals surface area (Å²) < 4.78 is 47.4. The largest absolute Gasteiger partial charge is 0.416 e. The highest BCUT2D eigenvalue weighted by Gasteiger charge is 2.41. The summed E-state index contributed by atoms with van der Waals surface area (Å²) in [6.07, 6.45) is -1.19. The quantitative estimate of drug-likeness (QED) is 0.461. The summed E-state index contributed by atoms with van der Waals surface area (Å²) >= 11 is 1.23. The molecule has 1 amide bonds. The number of morpholine rings is 1. The van der Waals surface area contributed by atoms with Crippen molar-refractivity contribution in [3.63, 3.8) is 0 Å². The lowest BCUT2D eigenvalue weighted by molar-refractivity contribution is -0.137. The first-order valence-corrected chi connectivity index (χ1v) is 13.1. The highest BCUT2D eigenvalue weighted by Crippen LogP contribution is 2.41. The van der Waals surface area contributed by atoms with Crippen LogP contribution in [0.3, 0.4) is 0 Å². The zero-order valence-corrected chi connectivity index (χ0v) is 21.4. The third-order valence-electron chi connectivity index (χ3n) is 7.26. The number of hydrogen-bond donors (Lipinski definition) is 1. The van der Waals surface area contributed by atoms with Crippen molar-refractivity contribution in [3.05, 3.63) is 53.6 Å². The van der Waals surface area contributed by atoms with Crippen LogP contribution >= 0.6 is 11.8 Å². The minimum atomic E-state index is -4.43. The Hall–Kier alpha value is -2.89. The van der Waals surface area contributed by atoms with Gasteiger partial charge in [-0.25, -0.2) is 10.4 Å². The Morgan fingerprint density at radius 2 is 1.92 bits per heavy atom. The normalized spacial score (nSPS) is 20.7. The number of imidazole rings is 1. The summed E-state index contributed by atoms with van der Waals surface area (Å²) in [4.78, 5) is 19.2. The highest BCUT2D eigenvalue weighted by molar-refractivity contribution is 8.14. The Morgan fingerprint density at radius 1 is 1.14 bits per heavy atom. The van der Waals surface area contributed by atoms with Gasteiger partial charge in [0.1, 0.15) is 5.82 Å². The molecule has 2 aliphatic heterocycles. The van der Waals surface area contributed by atoms with Gasteiger partial charge in [-0.05, 0) is 42.7 Å². The molecule has 0 saturated carbocycles. The van der Waals surface area contributed by atoms with Crippen LogP contribution in [0.1, 0.15) is 30.9 Å². The number of nitrogens with zero attached hydrogens (tertiary/aromatic N) is 4. The van der Waals surface area contributed by atoms with Gasteiger partial charge in [0.15, 0.2) is 0 Å². The minimum Gasteiger partial charge on any atom is -0.379 e. The van der Waals surface area contributed by atoms with Crippen LogP contribution < -0.4 is 5.43 Å². The van der Waals surface area contributed by atoms with Gasteiger partial charge in [-0.3, -0.25) is 9.69 Å². The average Bonchev–Trinajstić information content (AvgIpc) is 3.23. The van der Waals surface area contributed by atoms with E-state index in [9.17, 15) is 18.0 Å². The Morgan fingerprint density at radius 3 is 2.62 bits per heavy atom. The number of benzene rings is 2. The van der Waals surface area contributed by atoms with Crippen LogP contribution in [0.15, 0.2) is 47.6 Å². The number of rotatable bonds is 6. The predicted octanol–water partition coefficient (Wildman–Crippen LogP) is 5.40. The molecule has 0 spiro atoms. The van der Waals surface area contributed by atoms with Gasteiger partial charge in [-0.1, -0.05) is 36.9 Å². The van der Waals surface area contributed by atoms with Gasteiger partial charge in [-0.2, -0.15) is 18.3 Å². The number of halogens is 3. The maximum atomic E-state index is 13.3. The maximum Gasteiger partial charge on any atom is 0.416 e. The first kappa shape index (κ1) is 25.7. The fourth-order valence-electron chi connectivity index (χ4n) is 5.37. The van der Waals surface area contributed by atoms with Crippen LogP contribution in [-0.4, -0.2) is 57.5 Å². The SMILES string of the molecule is CCC(CC1C=NNC(=O)S1)(c1ccc2c(c1)nc(-c1cccc(C(F)(F)F)c1)n2C)N1CCOCC1. The molecule has 3 aromatic rings. The number of thioether (sulfide) groups is 1. The van der Waals surface area contributed by atoms with E-state index in [1.807, 2.05) is 23.7 Å². The van der Waals surface area contributed by atoms with Crippen LogP contribution in [0.25, 0.3) is 22.4 Å². The topological polar surface area (TPSA) is 71.8 Å². The van der Waals surface area contributed by atoms with Gasteiger partial charge in [0, 0.05) is 37.5 Å². The van der Waals surface area contributed by atoms with Crippen molar-refractivity contribution in [2.45, 2.75) is 36.7 Å². The van der Waals surface area contributed by atoms with Crippen LogP contribution in [0.4, 0.5) is 18.0 Å². The van der Waals surface area contributed by atoms with Crippen molar-refractivity contribution in [2.75, 3.05) is 26.3 Å². The molecule has 0 aliphatic carbocycles. The minimum absolute atomic E-state index is 0.100. The molecule has 1 saturated heterocycles. The van der Waals surface area contributed by atoms with E-state index in [1.165, 1.54) is 17.8 Å². The fourth-order valence-corrected chi connectivity index (χ4v) is 6.23. The molecule has 0 bridgehead atoms. The summed E-state index contributed by atoms with van der Waals surface area (Å²) in [6, 6.07) is 11.3. The van der Waals surface area contributed by atoms with Crippen LogP contribution in [0, 0.1) is 0 Å². The molecule has 2 aromatic carbocycles. The van der Waals surface area contributed by atoms with Gasteiger partial charge >= 0.3 is 6.18 Å². The molecule has 2 unspecified atom stereocenters. The van der Waals surface area contributed by atoms with Gasteiger partial charge in [0.2, 0.25) is 0 Å². The lowest BCUT2D eigenvalue weighted by Gasteiger charge is -2.47. The molecule has 1 aromatic heterocycles. The number of carbonyl (C=O) groups excluding carboxylic acids is 1. The monoisotopic (exact) mass is 531 g/mol. The standard InChI is InChI=1S/C26H28F3N5O2S/c1-3-25(34-9-11-36-12-10-34,15-20-16-30-32-24(35)37-20)18-7-8-22-21(14-18)31-23(33(22)2)17-5-4-6-19(13-17)26(27,28)29/h4-8,13-14,16,20H,3,9-12,15H2,1-2H3,(H,32,35). The van der Waals surface area contributed by atoms with Crippen LogP contribution in [0.2, 0.25) is 0 Å². The molecule has 3 heterocycles. The number of ether oxygens (including phenoxy) is 1. The third kappa shape index (κ3) is 4.99. The molecular formula is C26H28F3N5O2S. The summed E-state index contributed by atoms with van der Waals surface area (Å²) in [5, 5.41) is 3.76. The van der Waals surface area contributed by atoms with Crippen molar-refractivity contribution in [1.29, 1.82) is 0 Å². The number of hydrazone groups is 1. The van der Waals surface area contributed by atoms with Gasteiger partial charge in [0.25, 0.3) is 5.24 Å². The van der Waals surface area contributed by atoms with Gasteiger partial charge in [0.05, 0.1) is 35.1 Å². The molecule has 11 heteroatoms. The number of hydrogen-bond acceptors (Lipinski definition) is 6. The van der Waals surface area contributed by atoms with E-state index >= 15 is 0 Å². The molecule has 5 rings (SSSR count). The lowest BCUT2D eigenvalue weighted by Crippen LogP contribution is -2.52. The number of aryl methyl sites for hydroxylation is 1. The van der Waals surface area contributed by atoms with Gasteiger partial charge in [-0.15, -0.1) is 0 Å². The number of nitrogens with one attached hydrogen (secondary N) is 1. The number of alkyl halides is 3. The zero-order valence-electron chi connectivity index (χ0n) is 20.6. The van der Waals surface area contributed by atoms with Crippen molar-refractivity contribution in [2.24, 2.45) is 12.1 Å². The summed E-state index contributed by atoms with van der Waals surface area (Å²) in [5.41, 5.74) is 4.38. The molecule has 2 aliphatic rings. The summed E-state index contributed by atoms with van der Waals surface area (Å²) in [5.74, 6) is 0.471. The van der Waals surface area contributed by atoms with Crippen LogP contribution in [0.5, 0.6) is 0 Å². The third-order valence-corrected chi connectivity index (χ3v) is 8.16. The van der Waals surface area contributed by atoms with Crippen molar-refractivity contribution in [3.8, 4) is 11.4 Å². The second-order valence-corrected chi connectivity index (χ2v) is 10.5.